The van der Waals surface area contributed by atoms with E-state index in [2.05, 4.69) is 0 Å². The minimum atomic E-state index is -3.38. The summed E-state index contributed by atoms with van der Waals surface area (Å²) in [4.78, 5) is 11.4. The summed E-state index contributed by atoms with van der Waals surface area (Å²) in [6.45, 7) is 1.36. The summed E-state index contributed by atoms with van der Waals surface area (Å²) in [5.74, 6) is -0.224. The molecule has 0 atom stereocenters. The van der Waals surface area contributed by atoms with Crippen molar-refractivity contribution in [2.75, 3.05) is 0 Å². The Bertz CT molecular complexity index is 538. The summed E-state index contributed by atoms with van der Waals surface area (Å²) in [6.07, 6.45) is 0. The van der Waals surface area contributed by atoms with Gasteiger partial charge in [-0.05, 0) is 13.0 Å². The molecule has 0 N–H and O–H groups in total. The first-order valence-corrected chi connectivity index (χ1v) is 5.64. The lowest BCUT2D eigenvalue weighted by Crippen LogP contribution is -1.93. The van der Waals surface area contributed by atoms with Gasteiger partial charge in [-0.3, -0.25) is 4.79 Å². The zero-order valence-electron chi connectivity index (χ0n) is 7.52. The predicted octanol–water partition coefficient (Wildman–Crippen LogP) is 1.40. The van der Waals surface area contributed by atoms with Gasteiger partial charge in [0.05, 0.1) is 4.90 Å². The number of rotatable bonds is 1. The highest BCUT2D eigenvalue weighted by Crippen LogP contribution is 2.33. The standard InChI is InChI=1S/C10H8O3S/c1-7(11)9-6-14(12,13)10-5-3-2-4-8(9)10/h2-6H,1H3. The predicted molar refractivity (Wildman–Crippen MR) is 52.3 cm³/mol. The van der Waals surface area contributed by atoms with E-state index in [1.54, 1.807) is 18.2 Å². The van der Waals surface area contributed by atoms with Crippen molar-refractivity contribution in [1.29, 1.82) is 0 Å². The molecule has 14 heavy (non-hydrogen) atoms. The van der Waals surface area contributed by atoms with Crippen molar-refractivity contribution < 1.29 is 13.2 Å². The Morgan fingerprint density at radius 2 is 1.86 bits per heavy atom. The molecule has 1 aromatic carbocycles. The number of sulfone groups is 1. The molecule has 0 spiro atoms. The maximum atomic E-state index is 11.5. The van der Waals surface area contributed by atoms with Crippen molar-refractivity contribution in [1.82, 2.24) is 0 Å². The average molecular weight is 208 g/mol. The number of carbonyl (C=O) groups excluding carboxylic acids is 1. The maximum Gasteiger partial charge on any atom is 0.201 e. The van der Waals surface area contributed by atoms with Crippen LogP contribution in [0.1, 0.15) is 12.5 Å². The van der Waals surface area contributed by atoms with Crippen LogP contribution < -0.4 is 0 Å². The Morgan fingerprint density at radius 3 is 2.50 bits per heavy atom. The molecule has 0 radical (unpaired) electrons. The van der Waals surface area contributed by atoms with E-state index in [-0.39, 0.29) is 16.3 Å². The number of allylic oxidation sites excluding steroid dienone is 1. The highest BCUT2D eigenvalue weighted by molar-refractivity contribution is 7.95. The third-order valence-corrected chi connectivity index (χ3v) is 3.65. The second kappa shape index (κ2) is 2.78. The lowest BCUT2D eigenvalue weighted by Gasteiger charge is -1.98. The highest BCUT2D eigenvalue weighted by Gasteiger charge is 2.28. The third kappa shape index (κ3) is 1.19. The topological polar surface area (TPSA) is 51.2 Å². The van der Waals surface area contributed by atoms with Crippen molar-refractivity contribution in [2.24, 2.45) is 0 Å². The van der Waals surface area contributed by atoms with Crippen LogP contribution in [0.3, 0.4) is 0 Å². The van der Waals surface area contributed by atoms with Crippen LogP contribution in [0.25, 0.3) is 5.57 Å². The third-order valence-electron chi connectivity index (χ3n) is 2.14. The summed E-state index contributed by atoms with van der Waals surface area (Å²) < 4.78 is 23.1. The van der Waals surface area contributed by atoms with E-state index in [1.807, 2.05) is 0 Å². The highest BCUT2D eigenvalue weighted by atomic mass is 32.2. The molecule has 0 aromatic heterocycles. The molecule has 72 valence electrons. The van der Waals surface area contributed by atoms with Crippen LogP contribution in [-0.4, -0.2) is 14.2 Å². The Kier molecular flexibility index (Phi) is 1.82. The van der Waals surface area contributed by atoms with Crippen molar-refractivity contribution >= 4 is 21.2 Å². The number of fused-ring (bicyclic) bond motifs is 1. The van der Waals surface area contributed by atoms with E-state index in [0.29, 0.717) is 5.56 Å². The van der Waals surface area contributed by atoms with E-state index < -0.39 is 9.84 Å². The summed E-state index contributed by atoms with van der Waals surface area (Å²) in [5.41, 5.74) is 0.792. The quantitative estimate of drug-likeness (QED) is 0.701. The molecule has 0 saturated heterocycles. The number of Topliss-reactive ketones (excluding diaryl/α,β-unsaturated/α-hetero) is 1. The minimum absolute atomic E-state index is 0.224. The van der Waals surface area contributed by atoms with Crippen LogP contribution in [0.5, 0.6) is 0 Å². The largest absolute Gasteiger partial charge is 0.294 e. The van der Waals surface area contributed by atoms with E-state index in [0.717, 1.165) is 5.41 Å². The average Bonchev–Trinajstić information content (AvgIpc) is 2.40. The molecule has 0 bridgehead atoms. The van der Waals surface area contributed by atoms with E-state index in [9.17, 15) is 13.2 Å². The van der Waals surface area contributed by atoms with Crippen molar-refractivity contribution in [3.63, 3.8) is 0 Å². The van der Waals surface area contributed by atoms with Crippen molar-refractivity contribution in [3.05, 3.63) is 35.2 Å². The molecule has 1 heterocycles. The fourth-order valence-corrected chi connectivity index (χ4v) is 2.97. The SMILES string of the molecule is CC(=O)C1=CS(=O)(=O)c2ccccc21. The van der Waals surface area contributed by atoms with Crippen molar-refractivity contribution in [3.8, 4) is 0 Å². The van der Waals surface area contributed by atoms with Crippen LogP contribution in [0, 0.1) is 0 Å². The Labute approximate surface area is 82.0 Å². The molecule has 1 aliphatic rings. The minimum Gasteiger partial charge on any atom is -0.294 e. The monoisotopic (exact) mass is 208 g/mol. The van der Waals surface area contributed by atoms with Gasteiger partial charge in [-0.1, -0.05) is 18.2 Å². The number of benzene rings is 1. The van der Waals surface area contributed by atoms with E-state index >= 15 is 0 Å². The summed E-state index contributed by atoms with van der Waals surface area (Å²) in [7, 11) is -3.38. The molecular formula is C10H8O3S. The first-order chi connectivity index (χ1) is 6.52. The second-order valence-electron chi connectivity index (χ2n) is 3.13. The van der Waals surface area contributed by atoms with Gasteiger partial charge in [-0.15, -0.1) is 0 Å². The molecule has 0 unspecified atom stereocenters. The van der Waals surface area contributed by atoms with Gasteiger partial charge < -0.3 is 0 Å². The van der Waals surface area contributed by atoms with Crippen LogP contribution in [0.15, 0.2) is 34.6 Å². The fraction of sp³-hybridized carbons (Fsp3) is 0.100. The van der Waals surface area contributed by atoms with Crippen LogP contribution in [0.2, 0.25) is 0 Å². The first-order valence-electron chi connectivity index (χ1n) is 4.09. The molecule has 0 amide bonds. The van der Waals surface area contributed by atoms with E-state index in [4.69, 9.17) is 0 Å². The van der Waals surface area contributed by atoms with Gasteiger partial charge in [0, 0.05) is 16.5 Å². The molecular weight excluding hydrogens is 200 g/mol. The summed E-state index contributed by atoms with van der Waals surface area (Å²) >= 11 is 0. The summed E-state index contributed by atoms with van der Waals surface area (Å²) in [6, 6.07) is 6.52. The van der Waals surface area contributed by atoms with Gasteiger partial charge in [-0.25, -0.2) is 8.42 Å². The van der Waals surface area contributed by atoms with Gasteiger partial charge in [0.15, 0.2) is 5.78 Å². The lowest BCUT2D eigenvalue weighted by atomic mass is 10.1. The molecule has 1 aromatic rings. The zero-order valence-corrected chi connectivity index (χ0v) is 8.34. The van der Waals surface area contributed by atoms with Gasteiger partial charge in [0.2, 0.25) is 9.84 Å². The van der Waals surface area contributed by atoms with Crippen LogP contribution >= 0.6 is 0 Å². The Balaban J connectivity index is 2.79. The Hall–Kier alpha value is -1.42. The van der Waals surface area contributed by atoms with Gasteiger partial charge in [0.1, 0.15) is 0 Å². The van der Waals surface area contributed by atoms with Gasteiger partial charge in [-0.2, -0.15) is 0 Å². The number of hydrogen-bond acceptors (Lipinski definition) is 3. The normalized spacial score (nSPS) is 17.4. The molecule has 2 rings (SSSR count). The van der Waals surface area contributed by atoms with Crippen LogP contribution in [-0.2, 0) is 14.6 Å². The smallest absolute Gasteiger partial charge is 0.201 e. The maximum absolute atomic E-state index is 11.5. The van der Waals surface area contributed by atoms with Gasteiger partial charge >= 0.3 is 0 Å². The number of hydrogen-bond donors (Lipinski definition) is 0. The van der Waals surface area contributed by atoms with Crippen molar-refractivity contribution in [2.45, 2.75) is 11.8 Å². The molecule has 0 saturated carbocycles. The molecule has 3 nitrogen and oxygen atoms in total. The lowest BCUT2D eigenvalue weighted by molar-refractivity contribution is -0.111. The fourth-order valence-electron chi connectivity index (χ4n) is 1.49. The van der Waals surface area contributed by atoms with E-state index in [1.165, 1.54) is 13.0 Å². The molecule has 1 aliphatic heterocycles. The zero-order chi connectivity index (χ0) is 10.3. The molecule has 0 aliphatic carbocycles. The number of ketones is 1. The second-order valence-corrected chi connectivity index (χ2v) is 4.89. The molecule has 0 fully saturated rings. The van der Waals surface area contributed by atoms with Gasteiger partial charge in [0.25, 0.3) is 0 Å². The summed E-state index contributed by atoms with van der Waals surface area (Å²) in [5, 5.41) is 1.04. The molecule has 4 heteroatoms. The first kappa shape index (κ1) is 9.15. The number of carbonyl (C=O) groups is 1. The Morgan fingerprint density at radius 1 is 1.21 bits per heavy atom. The van der Waals surface area contributed by atoms with Crippen LogP contribution in [0.4, 0.5) is 0 Å².